The molecule has 6 heteroatoms. The zero-order valence-electron chi connectivity index (χ0n) is 12.2. The number of unbranched alkanes of at least 4 members (excludes halogenated alkanes) is 2. The summed E-state index contributed by atoms with van der Waals surface area (Å²) >= 11 is 0. The molecule has 1 unspecified atom stereocenters. The second-order valence-electron chi connectivity index (χ2n) is 5.16. The van der Waals surface area contributed by atoms with Gasteiger partial charge in [0.15, 0.2) is 0 Å². The second-order valence-corrected chi connectivity index (χ2v) is 6.84. The average molecular weight is 302 g/mol. The number of hydrogen-bond donors (Lipinski definition) is 2. The molecule has 0 radical (unpaired) electrons. The summed E-state index contributed by atoms with van der Waals surface area (Å²) in [6, 6.07) is 2.16. The van der Waals surface area contributed by atoms with E-state index in [0.717, 1.165) is 31.7 Å². The molecule has 4 nitrogen and oxygen atoms in total. The van der Waals surface area contributed by atoms with Crippen molar-refractivity contribution in [1.82, 2.24) is 4.72 Å². The number of halogens is 1. The van der Waals surface area contributed by atoms with Crippen LogP contribution in [0.15, 0.2) is 17.0 Å². The Morgan fingerprint density at radius 1 is 1.35 bits per heavy atom. The molecule has 0 amide bonds. The van der Waals surface area contributed by atoms with Gasteiger partial charge in [0.05, 0.1) is 10.6 Å². The summed E-state index contributed by atoms with van der Waals surface area (Å²) in [5, 5.41) is 0. The predicted octanol–water partition coefficient (Wildman–Crippen LogP) is 2.96. The van der Waals surface area contributed by atoms with Crippen LogP contribution in [-0.2, 0) is 10.0 Å². The first-order valence-electron chi connectivity index (χ1n) is 6.86. The van der Waals surface area contributed by atoms with Gasteiger partial charge in [-0.15, -0.1) is 0 Å². The van der Waals surface area contributed by atoms with Crippen LogP contribution in [0, 0.1) is 12.7 Å². The third kappa shape index (κ3) is 4.45. The monoisotopic (exact) mass is 302 g/mol. The van der Waals surface area contributed by atoms with E-state index in [1.54, 1.807) is 6.92 Å². The molecule has 0 aromatic heterocycles. The molecule has 1 atom stereocenters. The molecule has 1 rings (SSSR count). The van der Waals surface area contributed by atoms with Crippen LogP contribution in [0.2, 0.25) is 0 Å². The van der Waals surface area contributed by atoms with Gasteiger partial charge in [-0.2, -0.15) is 0 Å². The van der Waals surface area contributed by atoms with Crippen molar-refractivity contribution in [2.24, 2.45) is 0 Å². The highest BCUT2D eigenvalue weighted by Gasteiger charge is 2.20. The summed E-state index contributed by atoms with van der Waals surface area (Å²) in [4.78, 5) is 0.0405. The van der Waals surface area contributed by atoms with Crippen LogP contribution in [0.1, 0.15) is 45.1 Å². The zero-order valence-corrected chi connectivity index (χ0v) is 13.1. The molecule has 20 heavy (non-hydrogen) atoms. The first-order chi connectivity index (χ1) is 9.27. The lowest BCUT2D eigenvalue weighted by Gasteiger charge is -2.16. The largest absolute Gasteiger partial charge is 0.396 e. The van der Waals surface area contributed by atoms with Crippen molar-refractivity contribution in [3.05, 3.63) is 23.5 Å². The number of sulfonamides is 1. The molecule has 0 saturated carbocycles. The van der Waals surface area contributed by atoms with E-state index >= 15 is 0 Å². The van der Waals surface area contributed by atoms with E-state index in [1.165, 1.54) is 6.07 Å². The highest BCUT2D eigenvalue weighted by Crippen LogP contribution is 2.22. The molecular formula is C14H23FN2O2S. The number of aryl methyl sites for hydroxylation is 1. The standard InChI is InChI=1S/C14H23FN2O2S/c1-4-5-6-7-11(3)17-20(18,19)14-9-13(16)12(15)8-10(14)2/h8-9,11,17H,4-7,16H2,1-3H3. The number of nitrogens with two attached hydrogens (primary N) is 1. The van der Waals surface area contributed by atoms with Gasteiger partial charge in [0.2, 0.25) is 10.0 Å². The van der Waals surface area contributed by atoms with Gasteiger partial charge in [-0.3, -0.25) is 0 Å². The lowest BCUT2D eigenvalue weighted by Crippen LogP contribution is -2.33. The van der Waals surface area contributed by atoms with E-state index < -0.39 is 15.8 Å². The molecule has 0 bridgehead atoms. The van der Waals surface area contributed by atoms with Gasteiger partial charge >= 0.3 is 0 Å². The second kappa shape index (κ2) is 7.04. The van der Waals surface area contributed by atoms with Crippen molar-refractivity contribution in [1.29, 1.82) is 0 Å². The van der Waals surface area contributed by atoms with Crippen molar-refractivity contribution in [3.8, 4) is 0 Å². The molecule has 0 aliphatic rings. The van der Waals surface area contributed by atoms with Crippen molar-refractivity contribution in [2.45, 2.75) is 57.4 Å². The molecule has 0 aliphatic heterocycles. The molecule has 0 fully saturated rings. The van der Waals surface area contributed by atoms with Gasteiger partial charge in [-0.05, 0) is 38.0 Å². The molecule has 0 saturated heterocycles. The van der Waals surface area contributed by atoms with Crippen molar-refractivity contribution < 1.29 is 12.8 Å². The maximum atomic E-state index is 13.3. The Hall–Kier alpha value is -1.14. The number of nitrogen functional groups attached to an aromatic ring is 1. The van der Waals surface area contributed by atoms with E-state index in [9.17, 15) is 12.8 Å². The molecule has 3 N–H and O–H groups in total. The summed E-state index contributed by atoms with van der Waals surface area (Å²) in [5.74, 6) is -0.600. The van der Waals surface area contributed by atoms with Gasteiger partial charge in [0, 0.05) is 6.04 Å². The van der Waals surface area contributed by atoms with Crippen LogP contribution in [-0.4, -0.2) is 14.5 Å². The number of benzene rings is 1. The summed E-state index contributed by atoms with van der Waals surface area (Å²) in [6.07, 6.45) is 3.93. The number of nitrogens with one attached hydrogen (secondary N) is 1. The van der Waals surface area contributed by atoms with E-state index in [2.05, 4.69) is 11.6 Å². The Kier molecular flexibility index (Phi) is 5.95. The van der Waals surface area contributed by atoms with Crippen LogP contribution in [0.3, 0.4) is 0 Å². The first-order valence-corrected chi connectivity index (χ1v) is 8.34. The van der Waals surface area contributed by atoms with Gasteiger partial charge in [-0.1, -0.05) is 26.2 Å². The van der Waals surface area contributed by atoms with Crippen LogP contribution < -0.4 is 10.5 Å². The van der Waals surface area contributed by atoms with Crippen molar-refractivity contribution >= 4 is 15.7 Å². The Labute approximate surface area is 120 Å². The maximum Gasteiger partial charge on any atom is 0.241 e. The number of rotatable bonds is 7. The fraction of sp³-hybridized carbons (Fsp3) is 0.571. The number of anilines is 1. The van der Waals surface area contributed by atoms with Crippen LogP contribution in [0.4, 0.5) is 10.1 Å². The minimum atomic E-state index is -3.66. The maximum absolute atomic E-state index is 13.3. The summed E-state index contributed by atoms with van der Waals surface area (Å²) in [5.41, 5.74) is 5.64. The Balaban J connectivity index is 2.86. The minimum Gasteiger partial charge on any atom is -0.396 e. The highest BCUT2D eigenvalue weighted by atomic mass is 32.2. The molecule has 0 aliphatic carbocycles. The van der Waals surface area contributed by atoms with Gasteiger partial charge in [0.1, 0.15) is 5.82 Å². The van der Waals surface area contributed by atoms with Crippen LogP contribution >= 0.6 is 0 Å². The lowest BCUT2D eigenvalue weighted by molar-refractivity contribution is 0.526. The third-order valence-electron chi connectivity index (χ3n) is 3.18. The molecular weight excluding hydrogens is 279 g/mol. The topological polar surface area (TPSA) is 72.2 Å². The van der Waals surface area contributed by atoms with Crippen LogP contribution in [0.25, 0.3) is 0 Å². The summed E-state index contributed by atoms with van der Waals surface area (Å²) in [7, 11) is -3.66. The molecule has 0 heterocycles. The fourth-order valence-electron chi connectivity index (χ4n) is 2.05. The third-order valence-corrected chi connectivity index (χ3v) is 4.91. The minimum absolute atomic E-state index is 0.0405. The van der Waals surface area contributed by atoms with Crippen molar-refractivity contribution in [2.75, 3.05) is 5.73 Å². The fourth-order valence-corrected chi connectivity index (χ4v) is 3.59. The quantitative estimate of drug-likeness (QED) is 0.601. The number of hydrogen-bond acceptors (Lipinski definition) is 3. The first kappa shape index (κ1) is 16.9. The van der Waals surface area contributed by atoms with Crippen LogP contribution in [0.5, 0.6) is 0 Å². The molecule has 1 aromatic rings. The van der Waals surface area contributed by atoms with E-state index in [1.807, 2.05) is 6.92 Å². The van der Waals surface area contributed by atoms with E-state index in [4.69, 9.17) is 5.73 Å². The normalized spacial score (nSPS) is 13.4. The summed E-state index contributed by atoms with van der Waals surface area (Å²) in [6.45, 7) is 5.48. The molecule has 0 spiro atoms. The Morgan fingerprint density at radius 3 is 2.60 bits per heavy atom. The van der Waals surface area contributed by atoms with E-state index in [0.29, 0.717) is 5.56 Å². The zero-order chi connectivity index (χ0) is 15.3. The Bertz CT molecular complexity index is 559. The molecule has 114 valence electrons. The molecule has 1 aromatic carbocycles. The smallest absolute Gasteiger partial charge is 0.241 e. The Morgan fingerprint density at radius 2 is 2.00 bits per heavy atom. The lowest BCUT2D eigenvalue weighted by atomic mass is 10.1. The van der Waals surface area contributed by atoms with Gasteiger partial charge in [-0.25, -0.2) is 17.5 Å². The van der Waals surface area contributed by atoms with Gasteiger partial charge in [0.25, 0.3) is 0 Å². The van der Waals surface area contributed by atoms with Gasteiger partial charge < -0.3 is 5.73 Å². The van der Waals surface area contributed by atoms with Crippen molar-refractivity contribution in [3.63, 3.8) is 0 Å². The van der Waals surface area contributed by atoms with E-state index in [-0.39, 0.29) is 16.6 Å². The highest BCUT2D eigenvalue weighted by molar-refractivity contribution is 7.89. The SMILES string of the molecule is CCCCCC(C)NS(=O)(=O)c1cc(N)c(F)cc1C. The average Bonchev–Trinajstić information content (AvgIpc) is 2.33. The predicted molar refractivity (Wildman–Crippen MR) is 79.5 cm³/mol. The summed E-state index contributed by atoms with van der Waals surface area (Å²) < 4.78 is 40.4.